The van der Waals surface area contributed by atoms with Gasteiger partial charge in [-0.1, -0.05) is 12.1 Å². The van der Waals surface area contributed by atoms with E-state index in [2.05, 4.69) is 19.9 Å². The molecule has 9 heteroatoms. The highest BCUT2D eigenvalue weighted by atomic mass is 32.2. The standard InChI is InChI=1S/C22H28N4O3S2/c1-17-20(16-31(27)22-24-18-4-2-3-5-19(18)25-22)23-7-6-21(17)30-15-14-29-13-10-26-8-11-28-12-9-26/h2-7H,8-16H2,1H3,(H,24,25). The van der Waals surface area contributed by atoms with Crippen molar-refractivity contribution in [2.45, 2.75) is 22.7 Å². The maximum atomic E-state index is 12.8. The fraction of sp³-hybridized carbons (Fsp3) is 0.455. The number of para-hydroxylation sites is 2. The molecule has 0 radical (unpaired) electrons. The molecule has 0 spiro atoms. The highest BCUT2D eigenvalue weighted by molar-refractivity contribution is 7.99. The van der Waals surface area contributed by atoms with Gasteiger partial charge < -0.3 is 14.5 Å². The summed E-state index contributed by atoms with van der Waals surface area (Å²) >= 11 is 1.75. The third-order valence-corrected chi connectivity index (χ3v) is 7.54. The number of H-pyrrole nitrogens is 1. The highest BCUT2D eigenvalue weighted by Gasteiger charge is 2.15. The monoisotopic (exact) mass is 460 g/mol. The van der Waals surface area contributed by atoms with Crippen LogP contribution in [0.15, 0.2) is 46.6 Å². The number of nitrogens with zero attached hydrogens (tertiary/aromatic N) is 3. The summed E-state index contributed by atoms with van der Waals surface area (Å²) < 4.78 is 24.0. The second kappa shape index (κ2) is 11.2. The lowest BCUT2D eigenvalue weighted by molar-refractivity contribution is 0.0221. The number of thioether (sulfide) groups is 1. The predicted octanol–water partition coefficient (Wildman–Crippen LogP) is 3.02. The van der Waals surface area contributed by atoms with Gasteiger partial charge in [-0.25, -0.2) is 4.98 Å². The van der Waals surface area contributed by atoms with Crippen LogP contribution in [0.3, 0.4) is 0 Å². The number of hydrogen-bond acceptors (Lipinski definition) is 7. The van der Waals surface area contributed by atoms with E-state index < -0.39 is 10.8 Å². The molecule has 1 aromatic carbocycles. The maximum absolute atomic E-state index is 12.8. The number of morpholine rings is 1. The highest BCUT2D eigenvalue weighted by Crippen LogP contribution is 2.25. The molecule has 166 valence electrons. The zero-order valence-electron chi connectivity index (χ0n) is 17.7. The number of fused-ring (bicyclic) bond motifs is 1. The van der Waals surface area contributed by atoms with E-state index in [9.17, 15) is 4.21 Å². The minimum absolute atomic E-state index is 0.343. The maximum Gasteiger partial charge on any atom is 0.197 e. The van der Waals surface area contributed by atoms with Crippen molar-refractivity contribution < 1.29 is 13.7 Å². The Balaban J connectivity index is 1.26. The predicted molar refractivity (Wildman–Crippen MR) is 124 cm³/mol. The summed E-state index contributed by atoms with van der Waals surface area (Å²) in [6, 6.07) is 9.73. The lowest BCUT2D eigenvalue weighted by Crippen LogP contribution is -2.38. The molecule has 7 nitrogen and oxygen atoms in total. The van der Waals surface area contributed by atoms with Crippen molar-refractivity contribution in [1.82, 2.24) is 19.9 Å². The third-order valence-electron chi connectivity index (χ3n) is 5.25. The molecular formula is C22H28N4O3S2. The smallest absolute Gasteiger partial charge is 0.197 e. The molecule has 1 unspecified atom stereocenters. The zero-order valence-corrected chi connectivity index (χ0v) is 19.3. The van der Waals surface area contributed by atoms with Crippen LogP contribution in [-0.2, 0) is 26.0 Å². The summed E-state index contributed by atoms with van der Waals surface area (Å²) in [5, 5.41) is 0.495. The topological polar surface area (TPSA) is 80.3 Å². The van der Waals surface area contributed by atoms with Crippen molar-refractivity contribution in [3.8, 4) is 0 Å². The SMILES string of the molecule is Cc1c(SCCOCCN2CCOCC2)ccnc1CS(=O)c1nc2ccccc2[nH]1. The Kier molecular flexibility index (Phi) is 8.09. The van der Waals surface area contributed by atoms with Gasteiger partial charge in [0.25, 0.3) is 0 Å². The van der Waals surface area contributed by atoms with Crippen LogP contribution in [0, 0.1) is 6.92 Å². The van der Waals surface area contributed by atoms with Crippen LogP contribution in [0.25, 0.3) is 11.0 Å². The molecule has 3 aromatic rings. The van der Waals surface area contributed by atoms with Crippen LogP contribution in [0.4, 0.5) is 0 Å². The lowest BCUT2D eigenvalue weighted by Gasteiger charge is -2.26. The number of benzene rings is 1. The van der Waals surface area contributed by atoms with E-state index in [-0.39, 0.29) is 0 Å². The van der Waals surface area contributed by atoms with Gasteiger partial charge in [-0.05, 0) is 30.7 Å². The molecule has 0 bridgehead atoms. The van der Waals surface area contributed by atoms with E-state index in [1.54, 1.807) is 18.0 Å². The Labute approximate surface area is 189 Å². The van der Waals surface area contributed by atoms with E-state index in [1.165, 1.54) is 0 Å². The van der Waals surface area contributed by atoms with E-state index in [0.717, 1.165) is 72.4 Å². The van der Waals surface area contributed by atoms with Gasteiger partial charge in [-0.15, -0.1) is 11.8 Å². The molecule has 0 amide bonds. The van der Waals surface area contributed by atoms with E-state index in [1.807, 2.05) is 37.3 Å². The molecule has 31 heavy (non-hydrogen) atoms. The summed E-state index contributed by atoms with van der Waals surface area (Å²) in [5.74, 6) is 1.22. The summed E-state index contributed by atoms with van der Waals surface area (Å²) in [5.41, 5.74) is 3.64. The number of imidazole rings is 1. The van der Waals surface area contributed by atoms with Crippen molar-refractivity contribution >= 4 is 33.6 Å². The van der Waals surface area contributed by atoms with Crippen LogP contribution in [-0.4, -0.2) is 75.9 Å². The quantitative estimate of drug-likeness (QED) is 0.368. The number of aromatic amines is 1. The first kappa shape index (κ1) is 22.4. The fourth-order valence-corrected chi connectivity index (χ4v) is 5.43. The first-order valence-electron chi connectivity index (χ1n) is 10.5. The van der Waals surface area contributed by atoms with Gasteiger partial charge in [0.1, 0.15) is 0 Å². The van der Waals surface area contributed by atoms with E-state index in [4.69, 9.17) is 9.47 Å². The molecule has 1 aliphatic heterocycles. The Morgan fingerprint density at radius 3 is 2.90 bits per heavy atom. The molecule has 1 aliphatic rings. The van der Waals surface area contributed by atoms with Crippen molar-refractivity contribution in [3.05, 3.63) is 47.8 Å². The van der Waals surface area contributed by atoms with Crippen molar-refractivity contribution in [3.63, 3.8) is 0 Å². The normalized spacial score (nSPS) is 16.0. The number of rotatable bonds is 10. The molecule has 1 saturated heterocycles. The average molecular weight is 461 g/mol. The minimum atomic E-state index is -1.27. The van der Waals surface area contributed by atoms with Crippen molar-refractivity contribution in [2.75, 3.05) is 51.8 Å². The van der Waals surface area contributed by atoms with Crippen molar-refractivity contribution in [1.29, 1.82) is 0 Å². The van der Waals surface area contributed by atoms with Crippen LogP contribution in [0.1, 0.15) is 11.3 Å². The number of aromatic nitrogens is 3. The molecule has 2 aromatic heterocycles. The molecule has 0 aliphatic carbocycles. The van der Waals surface area contributed by atoms with E-state index >= 15 is 0 Å². The Hall–Kier alpha value is -1.78. The molecule has 3 heterocycles. The fourth-order valence-electron chi connectivity index (χ4n) is 3.42. The number of nitrogens with one attached hydrogen (secondary N) is 1. The van der Waals surface area contributed by atoms with Gasteiger partial charge in [-0.3, -0.25) is 14.1 Å². The summed E-state index contributed by atoms with van der Waals surface area (Å²) in [6.45, 7) is 8.08. The molecule has 1 fully saturated rings. The third kappa shape index (κ3) is 6.14. The lowest BCUT2D eigenvalue weighted by atomic mass is 10.2. The van der Waals surface area contributed by atoms with Gasteiger partial charge in [0.2, 0.25) is 0 Å². The van der Waals surface area contributed by atoms with Crippen LogP contribution in [0.2, 0.25) is 0 Å². The van der Waals surface area contributed by atoms with Gasteiger partial charge >= 0.3 is 0 Å². The molecule has 0 saturated carbocycles. The van der Waals surface area contributed by atoms with Crippen LogP contribution in [0.5, 0.6) is 0 Å². The van der Waals surface area contributed by atoms with Crippen molar-refractivity contribution in [2.24, 2.45) is 0 Å². The van der Waals surface area contributed by atoms with Crippen LogP contribution < -0.4 is 0 Å². The molecule has 1 N–H and O–H groups in total. The second-order valence-corrected chi connectivity index (χ2v) is 9.85. The number of pyridine rings is 1. The van der Waals surface area contributed by atoms with Gasteiger partial charge in [0.15, 0.2) is 5.16 Å². The first-order valence-corrected chi connectivity index (χ1v) is 12.8. The molecule has 4 rings (SSSR count). The largest absolute Gasteiger partial charge is 0.379 e. The summed E-state index contributed by atoms with van der Waals surface area (Å²) in [6.07, 6.45) is 1.79. The average Bonchev–Trinajstić information content (AvgIpc) is 3.24. The summed E-state index contributed by atoms with van der Waals surface area (Å²) in [4.78, 5) is 15.6. The Morgan fingerprint density at radius 1 is 1.23 bits per heavy atom. The van der Waals surface area contributed by atoms with Gasteiger partial charge in [0.05, 0.1) is 59.7 Å². The van der Waals surface area contributed by atoms with Gasteiger partial charge in [0, 0.05) is 36.5 Å². The number of hydrogen-bond donors (Lipinski definition) is 1. The van der Waals surface area contributed by atoms with E-state index in [0.29, 0.717) is 17.5 Å². The van der Waals surface area contributed by atoms with Gasteiger partial charge in [-0.2, -0.15) is 0 Å². The number of ether oxygens (including phenoxy) is 2. The first-order chi connectivity index (χ1) is 15.2. The minimum Gasteiger partial charge on any atom is -0.379 e. The second-order valence-electron chi connectivity index (χ2n) is 7.34. The summed E-state index contributed by atoms with van der Waals surface area (Å²) in [7, 11) is -1.27. The molecule has 1 atom stereocenters. The zero-order chi connectivity index (χ0) is 21.5. The Morgan fingerprint density at radius 2 is 2.06 bits per heavy atom. The Bertz CT molecular complexity index is 988. The molecular weight excluding hydrogens is 432 g/mol. The van der Waals surface area contributed by atoms with Crippen LogP contribution >= 0.6 is 11.8 Å².